The fraction of sp³-hybridized carbons (Fsp3) is 0.700. The Morgan fingerprint density at radius 1 is 1.46 bits per heavy atom. The molecule has 0 saturated heterocycles. The molecule has 0 radical (unpaired) electrons. The molecule has 2 nitrogen and oxygen atoms in total. The van der Waals surface area contributed by atoms with Crippen LogP contribution in [-0.2, 0) is 4.79 Å². The molecule has 1 aliphatic rings. The largest absolute Gasteiger partial charge is 0.480 e. The standard InChI is InChI=1S/C10H15ClO2/c1-6(2)5-7-9(3,4)10(7,11)8(12)13/h5,7H,1-4H3,(H,12,13)/t7-,10+/m1/s1. The Bertz CT molecular complexity index is 277. The topological polar surface area (TPSA) is 37.3 Å². The summed E-state index contributed by atoms with van der Waals surface area (Å²) in [6.07, 6.45) is 1.95. The predicted octanol–water partition coefficient (Wildman–Crippen LogP) is 2.67. The molecule has 0 aromatic heterocycles. The van der Waals surface area contributed by atoms with Crippen molar-refractivity contribution in [2.45, 2.75) is 32.6 Å². The van der Waals surface area contributed by atoms with Gasteiger partial charge in [-0.25, -0.2) is 0 Å². The van der Waals surface area contributed by atoms with Crippen molar-refractivity contribution >= 4 is 17.6 Å². The third-order valence-electron chi connectivity index (χ3n) is 2.87. The molecule has 0 aromatic rings. The van der Waals surface area contributed by atoms with Gasteiger partial charge in [-0.05, 0) is 13.8 Å². The van der Waals surface area contributed by atoms with E-state index < -0.39 is 10.8 Å². The minimum Gasteiger partial charge on any atom is -0.480 e. The van der Waals surface area contributed by atoms with Gasteiger partial charge in [0.05, 0.1) is 0 Å². The smallest absolute Gasteiger partial charge is 0.325 e. The third kappa shape index (κ3) is 1.28. The molecule has 1 rings (SSSR count). The van der Waals surface area contributed by atoms with Gasteiger partial charge in [-0.3, -0.25) is 4.79 Å². The van der Waals surface area contributed by atoms with Crippen molar-refractivity contribution in [1.82, 2.24) is 0 Å². The summed E-state index contributed by atoms with van der Waals surface area (Å²) in [7, 11) is 0. The van der Waals surface area contributed by atoms with Gasteiger partial charge in [-0.2, -0.15) is 0 Å². The Kier molecular flexibility index (Phi) is 2.23. The molecule has 0 amide bonds. The van der Waals surface area contributed by atoms with E-state index in [1.54, 1.807) is 0 Å². The summed E-state index contributed by atoms with van der Waals surface area (Å²) in [6, 6.07) is 0. The first-order chi connectivity index (χ1) is 5.74. The summed E-state index contributed by atoms with van der Waals surface area (Å²) in [6.45, 7) is 7.68. The third-order valence-corrected chi connectivity index (χ3v) is 3.76. The van der Waals surface area contributed by atoms with Crippen LogP contribution in [0.15, 0.2) is 11.6 Å². The molecule has 1 aliphatic carbocycles. The summed E-state index contributed by atoms with van der Waals surface area (Å²) in [5.41, 5.74) is 0.777. The van der Waals surface area contributed by atoms with Gasteiger partial charge in [-0.15, -0.1) is 11.6 Å². The lowest BCUT2D eigenvalue weighted by atomic mass is 10.1. The summed E-state index contributed by atoms with van der Waals surface area (Å²) in [4.78, 5) is 9.84. The van der Waals surface area contributed by atoms with Crippen LogP contribution < -0.4 is 0 Å². The lowest BCUT2D eigenvalue weighted by Crippen LogP contribution is -2.21. The number of hydrogen-bond acceptors (Lipinski definition) is 1. The van der Waals surface area contributed by atoms with Gasteiger partial charge in [0.2, 0.25) is 0 Å². The fourth-order valence-corrected chi connectivity index (χ4v) is 2.21. The first kappa shape index (κ1) is 10.6. The summed E-state index contributed by atoms with van der Waals surface area (Å²) in [5.74, 6) is -0.967. The molecule has 0 unspecified atom stereocenters. The second kappa shape index (κ2) is 2.74. The molecule has 13 heavy (non-hydrogen) atoms. The van der Waals surface area contributed by atoms with E-state index in [9.17, 15) is 4.79 Å². The number of hydrogen-bond donors (Lipinski definition) is 1. The van der Waals surface area contributed by atoms with E-state index >= 15 is 0 Å². The average molecular weight is 203 g/mol. The van der Waals surface area contributed by atoms with E-state index in [2.05, 4.69) is 0 Å². The lowest BCUT2D eigenvalue weighted by Gasteiger charge is -2.03. The van der Waals surface area contributed by atoms with Gasteiger partial charge in [0, 0.05) is 11.3 Å². The molecule has 1 N–H and O–H groups in total. The molecule has 74 valence electrons. The van der Waals surface area contributed by atoms with E-state index in [1.165, 1.54) is 0 Å². The maximum Gasteiger partial charge on any atom is 0.325 e. The fourth-order valence-electron chi connectivity index (χ4n) is 1.81. The molecule has 0 aliphatic heterocycles. The van der Waals surface area contributed by atoms with Crippen LogP contribution in [0.4, 0.5) is 0 Å². The quantitative estimate of drug-likeness (QED) is 0.552. The number of allylic oxidation sites excluding steroid dienone is 2. The van der Waals surface area contributed by atoms with Crippen LogP contribution >= 0.6 is 11.6 Å². The normalized spacial score (nSPS) is 35.3. The van der Waals surface area contributed by atoms with Gasteiger partial charge >= 0.3 is 5.97 Å². The summed E-state index contributed by atoms with van der Waals surface area (Å²) >= 11 is 6.04. The summed E-state index contributed by atoms with van der Waals surface area (Å²) < 4.78 is 0. The molecule has 1 saturated carbocycles. The van der Waals surface area contributed by atoms with E-state index in [0.717, 1.165) is 5.57 Å². The monoisotopic (exact) mass is 202 g/mol. The van der Waals surface area contributed by atoms with E-state index in [4.69, 9.17) is 16.7 Å². The minimum atomic E-state index is -1.09. The van der Waals surface area contributed by atoms with Crippen molar-refractivity contribution in [3.05, 3.63) is 11.6 Å². The van der Waals surface area contributed by atoms with Gasteiger partial charge in [0.25, 0.3) is 0 Å². The zero-order valence-electron chi connectivity index (χ0n) is 8.39. The molecule has 0 aromatic carbocycles. The SMILES string of the molecule is CC(C)=C[C@@H]1C(C)(C)[C@@]1(Cl)C(=O)O. The first-order valence-electron chi connectivity index (χ1n) is 4.32. The van der Waals surface area contributed by atoms with E-state index in [-0.39, 0.29) is 11.3 Å². The maximum atomic E-state index is 10.9. The van der Waals surface area contributed by atoms with Crippen molar-refractivity contribution in [2.24, 2.45) is 11.3 Å². The number of aliphatic carboxylic acids is 1. The number of carboxylic acids is 1. The highest BCUT2D eigenvalue weighted by atomic mass is 35.5. The molecule has 2 atom stereocenters. The van der Waals surface area contributed by atoms with Crippen molar-refractivity contribution in [3.8, 4) is 0 Å². The number of halogens is 1. The second-order valence-electron chi connectivity index (χ2n) is 4.46. The highest BCUT2D eigenvalue weighted by Crippen LogP contribution is 2.67. The van der Waals surface area contributed by atoms with Crippen LogP contribution in [-0.4, -0.2) is 16.0 Å². The molecular formula is C10H15ClO2. The van der Waals surface area contributed by atoms with Crippen molar-refractivity contribution in [3.63, 3.8) is 0 Å². The van der Waals surface area contributed by atoms with Crippen molar-refractivity contribution in [1.29, 1.82) is 0 Å². The minimum absolute atomic E-state index is 0.0517. The van der Waals surface area contributed by atoms with E-state index in [0.29, 0.717) is 0 Å². The van der Waals surface area contributed by atoms with Crippen LogP contribution in [0.1, 0.15) is 27.7 Å². The van der Waals surface area contributed by atoms with Crippen LogP contribution in [0.5, 0.6) is 0 Å². The highest BCUT2D eigenvalue weighted by molar-refractivity contribution is 6.37. The molecule has 0 heterocycles. The van der Waals surface area contributed by atoms with Crippen molar-refractivity contribution in [2.75, 3.05) is 0 Å². The average Bonchev–Trinajstić information content (AvgIpc) is 2.35. The van der Waals surface area contributed by atoms with Crippen LogP contribution in [0.25, 0.3) is 0 Å². The van der Waals surface area contributed by atoms with E-state index in [1.807, 2.05) is 33.8 Å². The van der Waals surface area contributed by atoms with Crippen LogP contribution in [0, 0.1) is 11.3 Å². The Balaban J connectivity index is 2.95. The first-order valence-corrected chi connectivity index (χ1v) is 4.69. The number of alkyl halides is 1. The van der Waals surface area contributed by atoms with Gasteiger partial charge in [0.15, 0.2) is 4.87 Å². The number of carbonyl (C=O) groups is 1. The van der Waals surface area contributed by atoms with Gasteiger partial charge in [-0.1, -0.05) is 25.5 Å². The molecular weight excluding hydrogens is 188 g/mol. The Morgan fingerprint density at radius 2 is 1.92 bits per heavy atom. The Hall–Kier alpha value is -0.500. The molecule has 3 heteroatoms. The Morgan fingerprint density at radius 3 is 2.15 bits per heavy atom. The van der Waals surface area contributed by atoms with Crippen LogP contribution in [0.3, 0.4) is 0 Å². The maximum absolute atomic E-state index is 10.9. The van der Waals surface area contributed by atoms with Gasteiger partial charge in [0.1, 0.15) is 0 Å². The molecule has 0 bridgehead atoms. The van der Waals surface area contributed by atoms with Crippen molar-refractivity contribution < 1.29 is 9.90 Å². The van der Waals surface area contributed by atoms with Gasteiger partial charge < -0.3 is 5.11 Å². The Labute approximate surface area is 83.6 Å². The van der Waals surface area contributed by atoms with Crippen LogP contribution in [0.2, 0.25) is 0 Å². The molecule has 0 spiro atoms. The second-order valence-corrected chi connectivity index (χ2v) is 5.06. The number of rotatable bonds is 2. The lowest BCUT2D eigenvalue weighted by molar-refractivity contribution is -0.138. The zero-order valence-corrected chi connectivity index (χ0v) is 9.14. The molecule has 1 fully saturated rings. The predicted molar refractivity (Wildman–Crippen MR) is 52.9 cm³/mol. The number of carboxylic acid groups (broad SMARTS) is 1. The highest BCUT2D eigenvalue weighted by Gasteiger charge is 2.74. The zero-order chi connectivity index (χ0) is 10.4. The summed E-state index contributed by atoms with van der Waals surface area (Å²) in [5, 5.41) is 8.97.